The van der Waals surface area contributed by atoms with Crippen LogP contribution in [0.3, 0.4) is 0 Å². The third-order valence-electron chi connectivity index (χ3n) is 3.82. The predicted octanol–water partition coefficient (Wildman–Crippen LogP) is 5.36. The Morgan fingerprint density at radius 3 is 2.42 bits per heavy atom. The standard InChI is InChI=1S/C18H19ClF3N3O/c1-3-25(4-2)14-7-5-12(17(26)10-14)11-23-24-16-9-13(18(20,21)22)6-8-15(16)19/h5-11,24,26H,3-4H2,1-2H3. The molecular formula is C18H19ClF3N3O. The van der Waals surface area contributed by atoms with Crippen LogP contribution in [0.1, 0.15) is 25.0 Å². The van der Waals surface area contributed by atoms with Crippen LogP contribution in [0, 0.1) is 0 Å². The van der Waals surface area contributed by atoms with Crippen molar-refractivity contribution in [2.45, 2.75) is 20.0 Å². The van der Waals surface area contributed by atoms with Crippen molar-refractivity contribution in [2.75, 3.05) is 23.4 Å². The SMILES string of the molecule is CCN(CC)c1ccc(C=NNc2cc(C(F)(F)F)ccc2Cl)c(O)c1. The molecule has 0 saturated carbocycles. The van der Waals surface area contributed by atoms with Crippen molar-refractivity contribution in [3.63, 3.8) is 0 Å². The van der Waals surface area contributed by atoms with Crippen molar-refractivity contribution in [1.29, 1.82) is 0 Å². The van der Waals surface area contributed by atoms with Crippen LogP contribution in [0.15, 0.2) is 41.5 Å². The number of alkyl halides is 3. The molecule has 26 heavy (non-hydrogen) atoms. The Hall–Kier alpha value is -2.41. The second-order valence-corrected chi connectivity index (χ2v) is 5.88. The molecular weight excluding hydrogens is 367 g/mol. The molecule has 2 rings (SSSR count). The van der Waals surface area contributed by atoms with Crippen molar-refractivity contribution in [3.05, 3.63) is 52.5 Å². The van der Waals surface area contributed by atoms with Gasteiger partial charge in [0.05, 0.1) is 22.5 Å². The lowest BCUT2D eigenvalue weighted by Gasteiger charge is -2.21. The number of nitrogens with zero attached hydrogens (tertiary/aromatic N) is 2. The average molecular weight is 386 g/mol. The number of benzene rings is 2. The molecule has 8 heteroatoms. The highest BCUT2D eigenvalue weighted by Crippen LogP contribution is 2.33. The predicted molar refractivity (Wildman–Crippen MR) is 99.3 cm³/mol. The van der Waals surface area contributed by atoms with Gasteiger partial charge in [-0.3, -0.25) is 5.43 Å². The first-order valence-electron chi connectivity index (χ1n) is 8.00. The van der Waals surface area contributed by atoms with Crippen LogP contribution in [0.2, 0.25) is 5.02 Å². The number of nitrogens with one attached hydrogen (secondary N) is 1. The molecule has 2 aromatic rings. The Kier molecular flexibility index (Phi) is 6.37. The molecule has 0 heterocycles. The van der Waals surface area contributed by atoms with E-state index in [1.165, 1.54) is 6.21 Å². The Morgan fingerprint density at radius 1 is 1.15 bits per heavy atom. The molecule has 2 aromatic carbocycles. The number of aromatic hydroxyl groups is 1. The van der Waals surface area contributed by atoms with Gasteiger partial charge in [-0.05, 0) is 44.2 Å². The third kappa shape index (κ3) is 4.82. The molecule has 140 valence electrons. The van der Waals surface area contributed by atoms with E-state index in [0.29, 0.717) is 5.56 Å². The van der Waals surface area contributed by atoms with Crippen LogP contribution in [0.4, 0.5) is 24.5 Å². The number of halogens is 4. The minimum atomic E-state index is -4.47. The molecule has 0 bridgehead atoms. The van der Waals surface area contributed by atoms with E-state index >= 15 is 0 Å². The van der Waals surface area contributed by atoms with E-state index in [0.717, 1.165) is 37.0 Å². The number of hydrogen-bond donors (Lipinski definition) is 2. The van der Waals surface area contributed by atoms with Crippen LogP contribution in [-0.2, 0) is 6.18 Å². The van der Waals surface area contributed by atoms with Crippen molar-refractivity contribution in [1.82, 2.24) is 0 Å². The first-order valence-corrected chi connectivity index (χ1v) is 8.37. The summed E-state index contributed by atoms with van der Waals surface area (Å²) in [5.41, 5.74) is 2.98. The van der Waals surface area contributed by atoms with E-state index in [2.05, 4.69) is 15.4 Å². The zero-order valence-electron chi connectivity index (χ0n) is 14.3. The molecule has 0 saturated heterocycles. The lowest BCUT2D eigenvalue weighted by Crippen LogP contribution is -2.21. The second kappa shape index (κ2) is 8.31. The van der Waals surface area contributed by atoms with E-state index in [9.17, 15) is 18.3 Å². The van der Waals surface area contributed by atoms with Gasteiger partial charge in [0.15, 0.2) is 0 Å². The quantitative estimate of drug-likeness (QED) is 0.520. The maximum atomic E-state index is 12.8. The molecule has 0 aliphatic rings. The molecule has 0 unspecified atom stereocenters. The van der Waals surface area contributed by atoms with Gasteiger partial charge in [-0.15, -0.1) is 0 Å². The van der Waals surface area contributed by atoms with Gasteiger partial charge in [0.2, 0.25) is 0 Å². The number of hydrogen-bond acceptors (Lipinski definition) is 4. The van der Waals surface area contributed by atoms with Crippen LogP contribution in [0.25, 0.3) is 0 Å². The molecule has 0 radical (unpaired) electrons. The Morgan fingerprint density at radius 2 is 1.85 bits per heavy atom. The second-order valence-electron chi connectivity index (χ2n) is 5.48. The van der Waals surface area contributed by atoms with Gasteiger partial charge in [0.1, 0.15) is 5.75 Å². The smallest absolute Gasteiger partial charge is 0.416 e. The lowest BCUT2D eigenvalue weighted by molar-refractivity contribution is -0.137. The molecule has 0 aromatic heterocycles. The van der Waals surface area contributed by atoms with Gasteiger partial charge < -0.3 is 10.0 Å². The maximum Gasteiger partial charge on any atom is 0.416 e. The summed E-state index contributed by atoms with van der Waals surface area (Å²) < 4.78 is 38.3. The maximum absolute atomic E-state index is 12.8. The monoisotopic (exact) mass is 385 g/mol. The Balaban J connectivity index is 2.16. The fourth-order valence-corrected chi connectivity index (χ4v) is 2.55. The molecule has 2 N–H and O–H groups in total. The van der Waals surface area contributed by atoms with Crippen LogP contribution in [-0.4, -0.2) is 24.4 Å². The zero-order chi connectivity index (χ0) is 19.3. The molecule has 0 aliphatic heterocycles. The van der Waals surface area contributed by atoms with Gasteiger partial charge in [0.25, 0.3) is 0 Å². The van der Waals surface area contributed by atoms with Crippen LogP contribution >= 0.6 is 11.6 Å². The zero-order valence-corrected chi connectivity index (χ0v) is 15.1. The van der Waals surface area contributed by atoms with Gasteiger partial charge in [-0.2, -0.15) is 18.3 Å². The normalized spacial score (nSPS) is 11.8. The number of anilines is 2. The van der Waals surface area contributed by atoms with Gasteiger partial charge in [-0.25, -0.2) is 0 Å². The summed E-state index contributed by atoms with van der Waals surface area (Å²) in [5.74, 6) is 0.0232. The summed E-state index contributed by atoms with van der Waals surface area (Å²) >= 11 is 5.89. The Labute approximate surface area is 154 Å². The summed E-state index contributed by atoms with van der Waals surface area (Å²) in [7, 11) is 0. The van der Waals surface area contributed by atoms with Crippen molar-refractivity contribution in [2.24, 2.45) is 5.10 Å². The summed E-state index contributed by atoms with van der Waals surface area (Å²) in [5, 5.41) is 14.1. The van der Waals surface area contributed by atoms with Gasteiger partial charge in [0, 0.05) is 30.4 Å². The van der Waals surface area contributed by atoms with Gasteiger partial charge in [-0.1, -0.05) is 11.6 Å². The van der Waals surface area contributed by atoms with E-state index in [-0.39, 0.29) is 16.5 Å². The molecule has 0 fully saturated rings. The molecule has 0 amide bonds. The van der Waals surface area contributed by atoms with Crippen molar-refractivity contribution in [3.8, 4) is 5.75 Å². The minimum absolute atomic E-state index is 0.0232. The summed E-state index contributed by atoms with van der Waals surface area (Å²) in [4.78, 5) is 2.07. The first-order chi connectivity index (χ1) is 12.3. The number of hydrazone groups is 1. The summed E-state index contributed by atoms with van der Waals surface area (Å²) in [6, 6.07) is 8.06. The number of phenolic OH excluding ortho intramolecular Hbond substituents is 1. The molecule has 4 nitrogen and oxygen atoms in total. The minimum Gasteiger partial charge on any atom is -0.507 e. The highest BCUT2D eigenvalue weighted by atomic mass is 35.5. The van der Waals surface area contributed by atoms with Crippen LogP contribution in [0.5, 0.6) is 5.75 Å². The van der Waals surface area contributed by atoms with E-state index in [4.69, 9.17) is 11.6 Å². The lowest BCUT2D eigenvalue weighted by atomic mass is 10.2. The molecule has 0 spiro atoms. The highest BCUT2D eigenvalue weighted by Gasteiger charge is 2.30. The van der Waals surface area contributed by atoms with Crippen molar-refractivity contribution < 1.29 is 18.3 Å². The average Bonchev–Trinajstić information content (AvgIpc) is 2.58. The fraction of sp³-hybridized carbons (Fsp3) is 0.278. The van der Waals surface area contributed by atoms with E-state index in [1.54, 1.807) is 12.1 Å². The highest BCUT2D eigenvalue weighted by molar-refractivity contribution is 6.33. The fourth-order valence-electron chi connectivity index (χ4n) is 2.39. The molecule has 0 atom stereocenters. The van der Waals surface area contributed by atoms with Crippen molar-refractivity contribution >= 4 is 29.2 Å². The first kappa shape index (κ1) is 19.9. The summed E-state index contributed by atoms with van der Waals surface area (Å²) in [6.45, 7) is 5.63. The largest absolute Gasteiger partial charge is 0.507 e. The van der Waals surface area contributed by atoms with E-state index < -0.39 is 11.7 Å². The van der Waals surface area contributed by atoms with Crippen LogP contribution < -0.4 is 10.3 Å². The third-order valence-corrected chi connectivity index (χ3v) is 4.15. The summed E-state index contributed by atoms with van der Waals surface area (Å²) in [6.07, 6.45) is -3.15. The van der Waals surface area contributed by atoms with Gasteiger partial charge >= 0.3 is 6.18 Å². The number of rotatable bonds is 6. The molecule has 0 aliphatic carbocycles. The Bertz CT molecular complexity index is 790. The van der Waals surface area contributed by atoms with E-state index in [1.807, 2.05) is 19.9 Å². The topological polar surface area (TPSA) is 47.9 Å². The number of phenols is 1.